The van der Waals surface area contributed by atoms with Gasteiger partial charge in [-0.1, -0.05) is 0 Å². The highest BCUT2D eigenvalue weighted by molar-refractivity contribution is 7.69. The number of carboxylic acids is 1. The molecule has 5 N–H and O–H groups in total. The lowest BCUT2D eigenvalue weighted by Crippen LogP contribution is -2.31. The van der Waals surface area contributed by atoms with Crippen LogP contribution in [0.2, 0.25) is 0 Å². The third kappa shape index (κ3) is 3.24. The summed E-state index contributed by atoms with van der Waals surface area (Å²) < 4.78 is 4.53. The van der Waals surface area contributed by atoms with E-state index in [4.69, 9.17) is 10.8 Å². The van der Waals surface area contributed by atoms with Crippen LogP contribution < -0.4 is 5.73 Å². The lowest BCUT2D eigenvalue weighted by molar-refractivity contribution is -0.138. The zero-order chi connectivity index (χ0) is 12.3. The first-order chi connectivity index (χ1) is 7.33. The molecule has 16 heavy (non-hydrogen) atoms. The zero-order valence-corrected chi connectivity index (χ0v) is 9.26. The first-order valence-corrected chi connectivity index (χ1v) is 6.41. The lowest BCUT2D eigenvalue weighted by atomic mass is 10.2. The van der Waals surface area contributed by atoms with Gasteiger partial charge in [-0.3, -0.25) is 4.79 Å². The van der Waals surface area contributed by atoms with E-state index < -0.39 is 25.7 Å². The summed E-state index contributed by atoms with van der Waals surface area (Å²) in [6, 6.07) is -1.14. The smallest absolute Gasteiger partial charge is 0.335 e. The van der Waals surface area contributed by atoms with Crippen LogP contribution in [0.1, 0.15) is 6.42 Å². The Bertz CT molecular complexity index is 339. The molecule has 90 valence electrons. The van der Waals surface area contributed by atoms with Gasteiger partial charge >= 0.3 is 11.9 Å². The molecule has 1 atom stereocenters. The predicted octanol–water partition coefficient (Wildman–Crippen LogP) is -0.939. The number of nitrogens with two attached hydrogens (primary N) is 1. The van der Waals surface area contributed by atoms with E-state index in [1.165, 1.54) is 0 Å². The van der Waals surface area contributed by atoms with Gasteiger partial charge in [-0.25, -0.2) is 14.6 Å². The van der Waals surface area contributed by atoms with Crippen LogP contribution in [0.25, 0.3) is 0 Å². The van der Waals surface area contributed by atoms with E-state index in [1.807, 2.05) is 0 Å². The van der Waals surface area contributed by atoms with Gasteiger partial charge in [0.1, 0.15) is 12.2 Å². The Balaban J connectivity index is 2.55. The molecule has 0 aromatic rings. The average molecular weight is 250 g/mol. The second-order valence-corrected chi connectivity index (χ2v) is 5.91. The summed E-state index contributed by atoms with van der Waals surface area (Å²) in [6.45, 7) is -0.151. The fourth-order valence-electron chi connectivity index (χ4n) is 1.16. The molecular weight excluding hydrogens is 237 g/mol. The van der Waals surface area contributed by atoms with Gasteiger partial charge in [0.2, 0.25) is 0 Å². The van der Waals surface area contributed by atoms with Gasteiger partial charge in [0.05, 0.1) is 6.08 Å². The Morgan fingerprint density at radius 3 is 2.69 bits per heavy atom. The SMILES string of the molecule is N[C@@H](CC[P+](O)(O)C1=CC(=O)OC1)C(=O)O. The van der Waals surface area contributed by atoms with Crippen LogP contribution in [0.15, 0.2) is 11.4 Å². The monoisotopic (exact) mass is 250 g/mol. The number of ether oxygens (including phenoxy) is 1. The van der Waals surface area contributed by atoms with E-state index in [0.717, 1.165) is 6.08 Å². The van der Waals surface area contributed by atoms with Crippen molar-refractivity contribution >= 4 is 19.7 Å². The lowest BCUT2D eigenvalue weighted by Gasteiger charge is -2.13. The molecule has 0 saturated carbocycles. The van der Waals surface area contributed by atoms with E-state index in [2.05, 4.69) is 4.74 Å². The normalized spacial score (nSPS) is 17.9. The molecular formula is C8H13NO6P+. The standard InChI is InChI=1S/C8H12NO6P/c9-6(8(11)12)1-2-16(13,14)5-3-7(10)15-4-5/h3,6,13-14H,1-2,4,9H2/p+1/t6-/m0/s1. The highest BCUT2D eigenvalue weighted by atomic mass is 31.2. The Morgan fingerprint density at radius 2 is 2.25 bits per heavy atom. The van der Waals surface area contributed by atoms with Crippen molar-refractivity contribution in [1.29, 1.82) is 0 Å². The average Bonchev–Trinajstić information content (AvgIpc) is 2.61. The molecule has 1 heterocycles. The van der Waals surface area contributed by atoms with Gasteiger partial charge in [-0.05, 0) is 0 Å². The van der Waals surface area contributed by atoms with Gasteiger partial charge in [0.25, 0.3) is 7.72 Å². The summed E-state index contributed by atoms with van der Waals surface area (Å²) in [5.74, 6) is -1.82. The number of cyclic esters (lactones) is 1. The molecule has 1 aliphatic heterocycles. The van der Waals surface area contributed by atoms with Crippen LogP contribution in [0.5, 0.6) is 0 Å². The van der Waals surface area contributed by atoms with Crippen LogP contribution >= 0.6 is 7.72 Å². The molecule has 0 radical (unpaired) electrons. The molecule has 0 saturated heterocycles. The second-order valence-electron chi connectivity index (χ2n) is 3.43. The van der Waals surface area contributed by atoms with Crippen molar-refractivity contribution in [3.63, 3.8) is 0 Å². The van der Waals surface area contributed by atoms with E-state index in [0.29, 0.717) is 0 Å². The number of carbonyl (C=O) groups excluding carboxylic acids is 1. The Labute approximate surface area is 92.0 Å². The summed E-state index contributed by atoms with van der Waals surface area (Å²) in [4.78, 5) is 40.5. The molecule has 0 amide bonds. The van der Waals surface area contributed by atoms with Crippen molar-refractivity contribution < 1.29 is 29.2 Å². The van der Waals surface area contributed by atoms with E-state index in [-0.39, 0.29) is 24.5 Å². The highest BCUT2D eigenvalue weighted by Crippen LogP contribution is 2.59. The molecule has 0 bridgehead atoms. The second kappa shape index (κ2) is 4.88. The molecule has 0 aromatic heterocycles. The third-order valence-corrected chi connectivity index (χ3v) is 4.24. The van der Waals surface area contributed by atoms with Gasteiger partial charge < -0.3 is 15.6 Å². The zero-order valence-electron chi connectivity index (χ0n) is 8.37. The van der Waals surface area contributed by atoms with E-state index in [9.17, 15) is 19.4 Å². The van der Waals surface area contributed by atoms with E-state index >= 15 is 0 Å². The summed E-state index contributed by atoms with van der Waals surface area (Å²) in [5, 5.41) is 8.64. The molecule has 0 spiro atoms. The molecule has 1 rings (SSSR count). The minimum atomic E-state index is -3.45. The van der Waals surface area contributed by atoms with Crippen LogP contribution in [-0.4, -0.2) is 45.6 Å². The highest BCUT2D eigenvalue weighted by Gasteiger charge is 2.43. The number of carboxylic acid groups (broad SMARTS) is 1. The maximum Gasteiger partial charge on any atom is 0.335 e. The summed E-state index contributed by atoms with van der Waals surface area (Å²) in [5.41, 5.74) is 5.23. The van der Waals surface area contributed by atoms with Crippen molar-refractivity contribution in [3.8, 4) is 0 Å². The summed E-state index contributed by atoms with van der Waals surface area (Å²) >= 11 is 0. The van der Waals surface area contributed by atoms with Crippen LogP contribution in [-0.2, 0) is 14.3 Å². The minimum absolute atomic E-state index is 0.0678. The summed E-state index contributed by atoms with van der Waals surface area (Å²) in [6.07, 6.45) is 0.796. The Hall–Kier alpha value is -1.01. The summed E-state index contributed by atoms with van der Waals surface area (Å²) in [7, 11) is -3.45. The van der Waals surface area contributed by atoms with Crippen molar-refractivity contribution in [2.45, 2.75) is 12.5 Å². The van der Waals surface area contributed by atoms with Crippen molar-refractivity contribution in [1.82, 2.24) is 0 Å². The predicted molar refractivity (Wildman–Crippen MR) is 55.5 cm³/mol. The molecule has 8 heteroatoms. The number of aliphatic carboxylic acids is 1. The molecule has 0 aliphatic carbocycles. The largest absolute Gasteiger partial charge is 0.480 e. The number of hydrogen-bond donors (Lipinski definition) is 4. The number of carbonyl (C=O) groups is 2. The van der Waals surface area contributed by atoms with Crippen molar-refractivity contribution in [3.05, 3.63) is 11.4 Å². The number of esters is 1. The quantitative estimate of drug-likeness (QED) is 0.366. The molecule has 7 nitrogen and oxygen atoms in total. The van der Waals surface area contributed by atoms with Crippen molar-refractivity contribution in [2.75, 3.05) is 12.8 Å². The van der Waals surface area contributed by atoms with Gasteiger partial charge in [0.15, 0.2) is 11.9 Å². The molecule has 0 fully saturated rings. The van der Waals surface area contributed by atoms with Crippen LogP contribution in [0, 0.1) is 0 Å². The molecule has 1 aliphatic rings. The van der Waals surface area contributed by atoms with Crippen LogP contribution in [0.3, 0.4) is 0 Å². The first kappa shape index (κ1) is 13.1. The number of rotatable bonds is 5. The third-order valence-electron chi connectivity index (χ3n) is 2.18. The van der Waals surface area contributed by atoms with Gasteiger partial charge in [0, 0.05) is 6.42 Å². The Morgan fingerprint density at radius 1 is 1.62 bits per heavy atom. The van der Waals surface area contributed by atoms with Gasteiger partial charge in [-0.15, -0.1) is 0 Å². The topological polar surface area (TPSA) is 130 Å². The fourth-order valence-corrected chi connectivity index (χ4v) is 2.67. The van der Waals surface area contributed by atoms with E-state index in [1.54, 1.807) is 0 Å². The number of hydrogen-bond acceptors (Lipinski definition) is 6. The molecule has 0 unspecified atom stereocenters. The maximum absolute atomic E-state index is 10.7. The van der Waals surface area contributed by atoms with Crippen molar-refractivity contribution in [2.24, 2.45) is 5.73 Å². The first-order valence-electron chi connectivity index (χ1n) is 4.53. The Kier molecular flexibility index (Phi) is 3.98. The minimum Gasteiger partial charge on any atom is -0.480 e. The van der Waals surface area contributed by atoms with Crippen LogP contribution in [0.4, 0.5) is 0 Å². The maximum atomic E-state index is 10.7. The molecule has 0 aromatic carbocycles. The fraction of sp³-hybridized carbons (Fsp3) is 0.500. The van der Waals surface area contributed by atoms with Gasteiger partial charge in [-0.2, -0.15) is 0 Å².